The molecule has 2 bridgehead atoms. The van der Waals surface area contributed by atoms with Crippen molar-refractivity contribution in [2.75, 3.05) is 9.80 Å². The number of rotatable bonds is 3. The average Bonchev–Trinajstić information content (AvgIpc) is 3.98. The van der Waals surface area contributed by atoms with Gasteiger partial charge in [0, 0.05) is 43.2 Å². The van der Waals surface area contributed by atoms with Gasteiger partial charge in [-0.05, 0) is 222 Å². The number of anilines is 6. The summed E-state index contributed by atoms with van der Waals surface area (Å²) in [6.45, 7) is 42.7. The number of hydrogen-bond donors (Lipinski definition) is 0. The molecule has 0 saturated heterocycles. The highest BCUT2D eigenvalue weighted by atomic mass is 32.1. The molecule has 1 saturated carbocycles. The lowest BCUT2D eigenvalue weighted by atomic mass is 9.35. The Balaban J connectivity index is 1.16. The predicted octanol–water partition coefficient (Wildman–Crippen LogP) is 18.7. The lowest BCUT2D eigenvalue weighted by molar-refractivity contribution is 0.332. The van der Waals surface area contributed by atoms with E-state index in [1.807, 2.05) is 0 Å². The molecule has 77 heavy (non-hydrogen) atoms. The number of benzene rings is 6. The van der Waals surface area contributed by atoms with Gasteiger partial charge in [0.15, 0.2) is 0 Å². The van der Waals surface area contributed by atoms with E-state index in [0.717, 1.165) is 6.42 Å². The van der Waals surface area contributed by atoms with Crippen LogP contribution in [0.3, 0.4) is 0 Å². The highest BCUT2D eigenvalue weighted by Crippen LogP contribution is 2.63. The minimum absolute atomic E-state index is 0.0206. The topological polar surface area (TPSA) is 6.48 Å². The van der Waals surface area contributed by atoms with Crippen molar-refractivity contribution in [3.63, 3.8) is 0 Å². The minimum Gasteiger partial charge on any atom is -0.311 e. The third kappa shape index (κ3) is 6.91. The molecule has 0 amide bonds. The van der Waals surface area contributed by atoms with Crippen LogP contribution < -0.4 is 25.5 Å². The van der Waals surface area contributed by atoms with Gasteiger partial charge in [0.25, 0.3) is 6.71 Å². The van der Waals surface area contributed by atoms with Gasteiger partial charge in [-0.15, -0.1) is 11.3 Å². The van der Waals surface area contributed by atoms with E-state index in [1.54, 1.807) is 16.7 Å². The molecule has 7 aliphatic rings. The van der Waals surface area contributed by atoms with Gasteiger partial charge in [-0.1, -0.05) is 166 Å². The van der Waals surface area contributed by atoms with Crippen molar-refractivity contribution in [3.05, 3.63) is 147 Å². The number of fused-ring (bicyclic) bond motifs is 14. The summed E-state index contributed by atoms with van der Waals surface area (Å²) in [5, 5.41) is 1.45. The molecule has 6 aromatic carbocycles. The first kappa shape index (κ1) is 50.2. The van der Waals surface area contributed by atoms with Crippen LogP contribution in [0.4, 0.5) is 34.1 Å². The molecule has 3 heterocycles. The largest absolute Gasteiger partial charge is 0.311 e. The predicted molar refractivity (Wildman–Crippen MR) is 334 cm³/mol. The summed E-state index contributed by atoms with van der Waals surface area (Å²) in [6, 6.07) is 40.7. The van der Waals surface area contributed by atoms with Gasteiger partial charge in [0.2, 0.25) is 0 Å². The molecule has 14 rings (SSSR count). The summed E-state index contributed by atoms with van der Waals surface area (Å²) in [6.07, 6.45) is 10.9. The summed E-state index contributed by atoms with van der Waals surface area (Å²) in [5.41, 5.74) is 28.1. The molecule has 2 nitrogen and oxygen atoms in total. The van der Waals surface area contributed by atoms with Crippen molar-refractivity contribution in [2.24, 2.45) is 0 Å². The monoisotopic (exact) mass is 1030 g/mol. The Morgan fingerprint density at radius 1 is 0.455 bits per heavy atom. The fraction of sp³-hybridized carbons (Fsp3) is 0.479. The van der Waals surface area contributed by atoms with Crippen LogP contribution in [0.5, 0.6) is 0 Å². The molecular weight excluding hydrogens is 948 g/mol. The second-order valence-electron chi connectivity index (χ2n) is 31.5. The van der Waals surface area contributed by atoms with Crippen LogP contribution in [-0.4, -0.2) is 6.71 Å². The Morgan fingerprint density at radius 2 is 0.987 bits per heavy atom. The minimum atomic E-state index is -0.131. The van der Waals surface area contributed by atoms with Crippen LogP contribution in [0.15, 0.2) is 97.1 Å². The van der Waals surface area contributed by atoms with Gasteiger partial charge in [-0.3, -0.25) is 0 Å². The van der Waals surface area contributed by atoms with Crippen molar-refractivity contribution in [1.82, 2.24) is 0 Å². The van der Waals surface area contributed by atoms with Crippen LogP contribution in [0.25, 0.3) is 21.2 Å². The van der Waals surface area contributed by atoms with Gasteiger partial charge in [0.05, 0.1) is 11.4 Å². The summed E-state index contributed by atoms with van der Waals surface area (Å²) >= 11 is 2.12. The van der Waals surface area contributed by atoms with Crippen LogP contribution in [0.2, 0.25) is 0 Å². The van der Waals surface area contributed by atoms with E-state index in [1.165, 1.54) is 156 Å². The summed E-state index contributed by atoms with van der Waals surface area (Å²) < 4.78 is 2.96. The maximum atomic E-state index is 2.83. The van der Waals surface area contributed by atoms with E-state index in [9.17, 15) is 0 Å². The van der Waals surface area contributed by atoms with E-state index in [0.29, 0.717) is 0 Å². The molecule has 2 atom stereocenters. The van der Waals surface area contributed by atoms with E-state index < -0.39 is 0 Å². The maximum Gasteiger partial charge on any atom is 0.264 e. The zero-order valence-corrected chi connectivity index (χ0v) is 50.8. The van der Waals surface area contributed by atoms with Crippen LogP contribution >= 0.6 is 11.3 Å². The molecule has 1 aromatic heterocycles. The molecule has 5 aliphatic carbocycles. The summed E-state index contributed by atoms with van der Waals surface area (Å²) in [5.74, 6) is 0. The first-order valence-electron chi connectivity index (χ1n) is 29.9. The van der Waals surface area contributed by atoms with Crippen molar-refractivity contribution < 1.29 is 0 Å². The third-order valence-corrected chi connectivity index (χ3v) is 23.5. The lowest BCUT2D eigenvalue weighted by Gasteiger charge is -2.49. The lowest BCUT2D eigenvalue weighted by Crippen LogP contribution is -2.61. The Morgan fingerprint density at radius 3 is 1.61 bits per heavy atom. The van der Waals surface area contributed by atoms with E-state index >= 15 is 0 Å². The molecule has 1 fully saturated rings. The van der Waals surface area contributed by atoms with Gasteiger partial charge < -0.3 is 9.80 Å². The molecule has 7 aromatic rings. The molecule has 2 unspecified atom stereocenters. The van der Waals surface area contributed by atoms with Crippen molar-refractivity contribution in [3.8, 4) is 11.1 Å². The second-order valence-corrected chi connectivity index (χ2v) is 32.6. The SMILES string of the molecule is CC(C)(C)c1cc2c3c(c1)N(c1ccc4c(c1)C(C)(C)CCC4(C)C)c1c(sc4cc5c(cc14)C1(C)CCC5(C)C1)B3c1cc3c(cc1N2c1ccc2c(c1-c1ccccc1)C(C)(C)CCC2(C)C)C(C)(C)CCC3(C)C. The summed E-state index contributed by atoms with van der Waals surface area (Å²) in [7, 11) is 0. The maximum absolute atomic E-state index is 2.83. The molecule has 0 radical (unpaired) electrons. The quantitative estimate of drug-likeness (QED) is 0.163. The van der Waals surface area contributed by atoms with E-state index in [2.05, 4.69) is 236 Å². The van der Waals surface area contributed by atoms with Gasteiger partial charge in [-0.25, -0.2) is 0 Å². The number of hydrogen-bond acceptors (Lipinski definition) is 3. The number of thiophene rings is 1. The fourth-order valence-electron chi connectivity index (χ4n) is 17.1. The molecular formula is C73H85BN2S. The highest BCUT2D eigenvalue weighted by molar-refractivity contribution is 7.33. The van der Waals surface area contributed by atoms with Crippen molar-refractivity contribution >= 4 is 78.0 Å². The van der Waals surface area contributed by atoms with Crippen LogP contribution in [0, 0.1) is 0 Å². The number of nitrogens with zero attached hydrogens (tertiary/aromatic N) is 2. The van der Waals surface area contributed by atoms with Gasteiger partial charge in [-0.2, -0.15) is 0 Å². The van der Waals surface area contributed by atoms with E-state index in [4.69, 9.17) is 0 Å². The van der Waals surface area contributed by atoms with Crippen LogP contribution in [0.1, 0.15) is 226 Å². The highest BCUT2D eigenvalue weighted by Gasteiger charge is 2.55. The third-order valence-electron chi connectivity index (χ3n) is 22.3. The summed E-state index contributed by atoms with van der Waals surface area (Å²) in [4.78, 5) is 5.66. The smallest absolute Gasteiger partial charge is 0.264 e. The zero-order valence-electron chi connectivity index (χ0n) is 50.0. The zero-order chi connectivity index (χ0) is 54.3. The average molecular weight is 1030 g/mol. The first-order chi connectivity index (χ1) is 35.9. The molecule has 0 N–H and O–H groups in total. The molecule has 0 spiro atoms. The Kier molecular flexibility index (Phi) is 10.1. The van der Waals surface area contributed by atoms with Gasteiger partial charge >= 0.3 is 0 Å². The second kappa shape index (κ2) is 15.4. The normalized spacial score (nSPS) is 24.9. The van der Waals surface area contributed by atoms with Gasteiger partial charge in [0.1, 0.15) is 0 Å². The van der Waals surface area contributed by atoms with Crippen molar-refractivity contribution in [2.45, 2.75) is 224 Å². The van der Waals surface area contributed by atoms with Crippen molar-refractivity contribution in [1.29, 1.82) is 0 Å². The van der Waals surface area contributed by atoms with E-state index in [-0.39, 0.29) is 55.4 Å². The Labute approximate surface area is 467 Å². The Hall–Kier alpha value is -5.06. The molecule has 4 heteroatoms. The standard InChI is InChI=1S/C73H85BN2S/c1-65(2,3)44-35-57-62-58(36-44)76(55-26-25-48-61(60(55)43-21-19-18-20-22-43)71(14,15)32-31-67(48,6)7)56-40-51-50(69(10,11)29-30-70(51,12)13)39-54(56)74(62)64-63(46-38-52-53(41-59(46)77-64)73(17)34-33-72(52,16)42-73)75(57)45-23-24-47-49(37-45)68(8,9)28-27-66(47,4)5/h18-26,35-41H,27-34,42H2,1-17H3. The van der Waals surface area contributed by atoms with Crippen LogP contribution in [-0.2, 0) is 48.7 Å². The molecule has 2 aliphatic heterocycles. The Bertz CT molecular complexity index is 3720. The molecule has 396 valence electrons. The fourth-order valence-corrected chi connectivity index (χ4v) is 18.5. The first-order valence-corrected chi connectivity index (χ1v) is 30.7.